The van der Waals surface area contributed by atoms with Gasteiger partial charge in [0.05, 0.1) is 0 Å². The predicted octanol–water partition coefficient (Wildman–Crippen LogP) is 13.1. The standard InChI is InChI=1S/C47H32O/c1-47(2)42-27-34(17-19-37(42)39-23-31-15-9-10-16-32(31)26-43(39)47)33-18-22-44-40(24-33)38-21-20-36(30-13-7-4-8-14-30)41-25-35(28-45(48-44)46(38)41)29-11-5-3-6-12-29/h3-28H,1-2H3. The van der Waals surface area contributed by atoms with Crippen molar-refractivity contribution in [3.63, 3.8) is 0 Å². The first kappa shape index (κ1) is 27.2. The molecule has 1 heterocycles. The maximum absolute atomic E-state index is 6.78. The smallest absolute Gasteiger partial charge is 0.136 e. The van der Waals surface area contributed by atoms with Crippen molar-refractivity contribution in [2.24, 2.45) is 0 Å². The van der Waals surface area contributed by atoms with E-state index in [4.69, 9.17) is 4.74 Å². The lowest BCUT2D eigenvalue weighted by atomic mass is 9.81. The number of ether oxygens (including phenoxy) is 1. The number of benzene rings is 8. The number of rotatable bonds is 3. The van der Waals surface area contributed by atoms with Crippen molar-refractivity contribution < 1.29 is 4.74 Å². The summed E-state index contributed by atoms with van der Waals surface area (Å²) in [4.78, 5) is 0. The second kappa shape index (κ2) is 10.0. The molecule has 0 N–H and O–H groups in total. The Balaban J connectivity index is 1.13. The van der Waals surface area contributed by atoms with Crippen LogP contribution < -0.4 is 4.74 Å². The van der Waals surface area contributed by atoms with Gasteiger partial charge in [-0.15, -0.1) is 0 Å². The monoisotopic (exact) mass is 612 g/mol. The second-order valence-electron chi connectivity index (χ2n) is 13.7. The van der Waals surface area contributed by atoms with Crippen molar-refractivity contribution in [3.05, 3.63) is 169 Å². The van der Waals surface area contributed by atoms with E-state index in [9.17, 15) is 0 Å². The van der Waals surface area contributed by atoms with Gasteiger partial charge < -0.3 is 4.74 Å². The SMILES string of the molecule is CC1(C)c2cc(-c3ccc4c(c3)-c3ccc(-c5ccccc5)c5cc(-c6ccccc6)cc(c35)O4)ccc2-c2cc3ccccc3cc21. The largest absolute Gasteiger partial charge is 0.456 e. The molecule has 10 rings (SSSR count). The van der Waals surface area contributed by atoms with Crippen LogP contribution in [-0.2, 0) is 5.41 Å². The minimum absolute atomic E-state index is 0.0864. The second-order valence-corrected chi connectivity index (χ2v) is 13.7. The van der Waals surface area contributed by atoms with Crippen molar-refractivity contribution in [3.8, 4) is 67.1 Å². The van der Waals surface area contributed by atoms with Crippen LogP contribution in [0, 0.1) is 0 Å². The van der Waals surface area contributed by atoms with E-state index >= 15 is 0 Å². The van der Waals surface area contributed by atoms with E-state index in [1.807, 2.05) is 0 Å². The molecule has 0 aromatic heterocycles. The molecule has 1 aliphatic carbocycles. The minimum Gasteiger partial charge on any atom is -0.456 e. The third kappa shape index (κ3) is 3.98. The number of hydrogen-bond donors (Lipinski definition) is 0. The fraction of sp³-hybridized carbons (Fsp3) is 0.0638. The van der Waals surface area contributed by atoms with Crippen LogP contribution in [0.2, 0.25) is 0 Å². The Hall–Kier alpha value is -5.92. The van der Waals surface area contributed by atoms with Gasteiger partial charge in [0.1, 0.15) is 11.5 Å². The first-order chi connectivity index (χ1) is 23.5. The summed E-state index contributed by atoms with van der Waals surface area (Å²) >= 11 is 0. The van der Waals surface area contributed by atoms with Gasteiger partial charge in [-0.25, -0.2) is 0 Å². The van der Waals surface area contributed by atoms with Gasteiger partial charge in [0, 0.05) is 16.4 Å². The lowest BCUT2D eigenvalue weighted by molar-refractivity contribution is 0.487. The zero-order chi connectivity index (χ0) is 32.0. The lowest BCUT2D eigenvalue weighted by Crippen LogP contribution is -2.15. The van der Waals surface area contributed by atoms with Gasteiger partial charge in [-0.05, 0) is 120 Å². The fourth-order valence-electron chi connectivity index (χ4n) is 8.15. The van der Waals surface area contributed by atoms with Crippen molar-refractivity contribution in [2.75, 3.05) is 0 Å². The van der Waals surface area contributed by atoms with Gasteiger partial charge in [0.25, 0.3) is 0 Å². The van der Waals surface area contributed by atoms with Gasteiger partial charge in [-0.1, -0.05) is 129 Å². The maximum Gasteiger partial charge on any atom is 0.136 e. The van der Waals surface area contributed by atoms with Crippen molar-refractivity contribution in [2.45, 2.75) is 19.3 Å². The van der Waals surface area contributed by atoms with Crippen LogP contribution in [0.15, 0.2) is 158 Å². The highest BCUT2D eigenvalue weighted by molar-refractivity contribution is 6.12. The zero-order valence-corrected chi connectivity index (χ0v) is 26.9. The molecular formula is C47H32O. The van der Waals surface area contributed by atoms with E-state index in [1.165, 1.54) is 77.2 Å². The molecule has 2 aliphatic rings. The van der Waals surface area contributed by atoms with E-state index in [0.29, 0.717) is 0 Å². The summed E-state index contributed by atoms with van der Waals surface area (Å²) in [6.07, 6.45) is 0. The summed E-state index contributed by atoms with van der Waals surface area (Å²) in [5.41, 5.74) is 14.9. The van der Waals surface area contributed by atoms with Gasteiger partial charge in [-0.2, -0.15) is 0 Å². The van der Waals surface area contributed by atoms with Gasteiger partial charge in [0.2, 0.25) is 0 Å². The van der Waals surface area contributed by atoms with E-state index in [-0.39, 0.29) is 5.41 Å². The Labute approximate surface area is 280 Å². The third-order valence-corrected chi connectivity index (χ3v) is 10.6. The Morgan fingerprint density at radius 1 is 0.375 bits per heavy atom. The molecule has 48 heavy (non-hydrogen) atoms. The maximum atomic E-state index is 6.78. The molecule has 0 saturated heterocycles. The molecule has 0 unspecified atom stereocenters. The predicted molar refractivity (Wildman–Crippen MR) is 201 cm³/mol. The summed E-state index contributed by atoms with van der Waals surface area (Å²) < 4.78 is 6.78. The lowest BCUT2D eigenvalue weighted by Gasteiger charge is -2.25. The Morgan fingerprint density at radius 3 is 1.79 bits per heavy atom. The summed E-state index contributed by atoms with van der Waals surface area (Å²) in [6.45, 7) is 4.73. The highest BCUT2D eigenvalue weighted by atomic mass is 16.5. The minimum atomic E-state index is -0.0864. The highest BCUT2D eigenvalue weighted by Gasteiger charge is 2.36. The van der Waals surface area contributed by atoms with E-state index in [0.717, 1.165) is 22.6 Å². The van der Waals surface area contributed by atoms with Crippen LogP contribution in [0.25, 0.3) is 77.2 Å². The molecule has 1 heteroatoms. The molecule has 0 atom stereocenters. The molecule has 226 valence electrons. The molecule has 0 radical (unpaired) electrons. The van der Waals surface area contributed by atoms with Crippen LogP contribution in [0.4, 0.5) is 0 Å². The molecule has 0 spiro atoms. The highest BCUT2D eigenvalue weighted by Crippen LogP contribution is 2.53. The molecular weight excluding hydrogens is 581 g/mol. The third-order valence-electron chi connectivity index (χ3n) is 10.6. The first-order valence-corrected chi connectivity index (χ1v) is 16.8. The molecule has 1 nitrogen and oxygen atoms in total. The normalized spacial score (nSPS) is 13.5. The average Bonchev–Trinajstić information content (AvgIpc) is 3.35. The summed E-state index contributed by atoms with van der Waals surface area (Å²) in [7, 11) is 0. The average molecular weight is 613 g/mol. The van der Waals surface area contributed by atoms with Crippen molar-refractivity contribution in [1.29, 1.82) is 0 Å². The van der Waals surface area contributed by atoms with Crippen molar-refractivity contribution >= 4 is 21.5 Å². The van der Waals surface area contributed by atoms with E-state index in [1.54, 1.807) is 0 Å². The molecule has 0 fully saturated rings. The molecule has 1 aliphatic heterocycles. The Morgan fingerprint density at radius 2 is 1.00 bits per heavy atom. The van der Waals surface area contributed by atoms with E-state index < -0.39 is 0 Å². The number of hydrogen-bond acceptors (Lipinski definition) is 1. The Kier molecular flexibility index (Phi) is 5.69. The summed E-state index contributed by atoms with van der Waals surface area (Å²) in [5, 5.41) is 4.96. The van der Waals surface area contributed by atoms with Crippen molar-refractivity contribution in [1.82, 2.24) is 0 Å². The molecule has 8 aromatic carbocycles. The summed E-state index contributed by atoms with van der Waals surface area (Å²) in [5.74, 6) is 1.80. The Bertz CT molecular complexity index is 2590. The van der Waals surface area contributed by atoms with E-state index in [2.05, 4.69) is 172 Å². The fourth-order valence-corrected chi connectivity index (χ4v) is 8.15. The quantitative estimate of drug-likeness (QED) is 0.193. The molecule has 0 bridgehead atoms. The van der Waals surface area contributed by atoms with Gasteiger partial charge in [0.15, 0.2) is 0 Å². The summed E-state index contributed by atoms with van der Waals surface area (Å²) in [6, 6.07) is 57.6. The van der Waals surface area contributed by atoms with Gasteiger partial charge in [-0.3, -0.25) is 0 Å². The van der Waals surface area contributed by atoms with Crippen LogP contribution in [0.1, 0.15) is 25.0 Å². The molecule has 0 amide bonds. The first-order valence-electron chi connectivity index (χ1n) is 16.8. The van der Waals surface area contributed by atoms with Crippen LogP contribution >= 0.6 is 0 Å². The van der Waals surface area contributed by atoms with Crippen LogP contribution in [0.3, 0.4) is 0 Å². The van der Waals surface area contributed by atoms with Gasteiger partial charge >= 0.3 is 0 Å². The molecule has 0 saturated carbocycles. The van der Waals surface area contributed by atoms with Crippen LogP contribution in [-0.4, -0.2) is 0 Å². The zero-order valence-electron chi connectivity index (χ0n) is 26.9. The molecule has 8 aromatic rings. The topological polar surface area (TPSA) is 9.23 Å². The van der Waals surface area contributed by atoms with Crippen LogP contribution in [0.5, 0.6) is 11.5 Å². The number of fused-ring (bicyclic) bond motifs is 6.